The summed E-state index contributed by atoms with van der Waals surface area (Å²) in [4.78, 5) is 0. The normalized spacial score (nSPS) is 32.5. The van der Waals surface area contributed by atoms with Gasteiger partial charge in [-0.1, -0.05) is 36.3 Å². The van der Waals surface area contributed by atoms with Crippen LogP contribution in [0.4, 0.5) is 22.0 Å². The Kier molecular flexibility index (Phi) is 9.16. The summed E-state index contributed by atoms with van der Waals surface area (Å²) in [6, 6.07) is 14.2. The summed E-state index contributed by atoms with van der Waals surface area (Å²) in [6.45, 7) is 2.81. The van der Waals surface area contributed by atoms with E-state index < -0.39 is 41.7 Å². The summed E-state index contributed by atoms with van der Waals surface area (Å²) >= 11 is -1.42. The third kappa shape index (κ3) is 5.82. The maximum Gasteiger partial charge on any atom is 0.453 e. The van der Waals surface area contributed by atoms with E-state index in [2.05, 4.69) is 25.1 Å². The zero-order valence-electron chi connectivity index (χ0n) is 26.4. The average molecular weight is 669 g/mol. The summed E-state index contributed by atoms with van der Waals surface area (Å²) < 4.78 is 80.8. The first-order valence-corrected chi connectivity index (χ1v) is 18.3. The van der Waals surface area contributed by atoms with Gasteiger partial charge in [-0.3, -0.25) is 0 Å². The number of aryl methyl sites for hydroxylation is 1. The molecule has 2 aromatic carbocycles. The van der Waals surface area contributed by atoms with E-state index in [0.717, 1.165) is 50.7 Å². The zero-order chi connectivity index (χ0) is 33.0. The number of alkyl halides is 5. The number of hydrogen-bond donors (Lipinski definition) is 2. The first-order chi connectivity index (χ1) is 21.7. The van der Waals surface area contributed by atoms with Gasteiger partial charge in [0.15, 0.2) is 0 Å². The minimum atomic E-state index is -5.57. The van der Waals surface area contributed by atoms with Crippen molar-refractivity contribution >= 4 is 11.2 Å². The Morgan fingerprint density at radius 1 is 0.935 bits per heavy atom. The Balaban J connectivity index is 1.04. The van der Waals surface area contributed by atoms with Gasteiger partial charge in [0, 0.05) is 11.8 Å². The highest BCUT2D eigenvalue weighted by Crippen LogP contribution is 2.79. The highest BCUT2D eigenvalue weighted by atomic mass is 32.2. The Morgan fingerprint density at radius 3 is 2.33 bits per heavy atom. The number of benzene rings is 2. The van der Waals surface area contributed by atoms with E-state index in [1.807, 2.05) is 24.3 Å². The van der Waals surface area contributed by atoms with Gasteiger partial charge in [-0.15, -0.1) is 0 Å². The largest absolute Gasteiger partial charge is 0.616 e. The van der Waals surface area contributed by atoms with Crippen molar-refractivity contribution in [1.29, 1.82) is 0 Å². The van der Waals surface area contributed by atoms with Gasteiger partial charge in [0.25, 0.3) is 0 Å². The fraction of sp³-hybridized carbons (Fsp3) is 0.667. The van der Waals surface area contributed by atoms with Gasteiger partial charge in [-0.05, 0) is 135 Å². The lowest BCUT2D eigenvalue weighted by Crippen LogP contribution is -2.54. The average Bonchev–Trinajstić information content (AvgIpc) is 3.37. The maximum absolute atomic E-state index is 13.0. The van der Waals surface area contributed by atoms with Crippen LogP contribution < -0.4 is 4.74 Å². The van der Waals surface area contributed by atoms with Crippen molar-refractivity contribution in [3.63, 3.8) is 0 Å². The van der Waals surface area contributed by atoms with Crippen LogP contribution in [0.1, 0.15) is 106 Å². The fourth-order valence-electron chi connectivity index (χ4n) is 9.94. The zero-order valence-corrected chi connectivity index (χ0v) is 27.2. The molecule has 4 aliphatic carbocycles. The molecule has 0 amide bonds. The third-order valence-corrected chi connectivity index (χ3v) is 13.9. The van der Waals surface area contributed by atoms with Crippen molar-refractivity contribution in [1.82, 2.24) is 0 Å². The molecule has 46 heavy (non-hydrogen) atoms. The molecule has 2 bridgehead atoms. The van der Waals surface area contributed by atoms with Crippen LogP contribution in [0.25, 0.3) is 0 Å². The lowest BCUT2D eigenvalue weighted by molar-refractivity contribution is -0.284. The van der Waals surface area contributed by atoms with Crippen LogP contribution >= 0.6 is 0 Å². The number of rotatable bonds is 12. The maximum atomic E-state index is 13.0. The van der Waals surface area contributed by atoms with Crippen molar-refractivity contribution in [3.05, 3.63) is 59.2 Å². The minimum absolute atomic E-state index is 0.132. The number of aromatic hydroxyl groups is 1. The van der Waals surface area contributed by atoms with Crippen LogP contribution in [-0.4, -0.2) is 50.6 Å². The molecule has 0 aromatic heterocycles. The van der Waals surface area contributed by atoms with Crippen LogP contribution in [-0.2, 0) is 17.6 Å². The number of phenolic OH excluding ortho intramolecular Hbond substituents is 1. The van der Waals surface area contributed by atoms with Crippen LogP contribution in [0.15, 0.2) is 42.5 Å². The van der Waals surface area contributed by atoms with Gasteiger partial charge in [-0.2, -0.15) is 22.0 Å². The molecule has 0 radical (unpaired) electrons. The van der Waals surface area contributed by atoms with Gasteiger partial charge in [-0.25, -0.2) is 0 Å². The SMILES string of the molecule is C[C@]12C[C@H](c3ccc(OCCCCC[S+]([O-])CCCC(F)(F)C(F)(F)F)cc3)[C@@H]3c4ccc(O)cc4CC[C@H]3[C@]13CC[C@]2(O)CC3. The number of hydrogen-bond acceptors (Lipinski definition) is 4. The molecule has 0 spiro atoms. The highest BCUT2D eigenvalue weighted by Gasteiger charge is 2.74. The molecule has 4 aliphatic rings. The van der Waals surface area contributed by atoms with Crippen molar-refractivity contribution in [2.45, 2.75) is 114 Å². The summed E-state index contributed by atoms with van der Waals surface area (Å²) in [5.74, 6) is -2.52. The van der Waals surface area contributed by atoms with Crippen molar-refractivity contribution in [2.75, 3.05) is 18.1 Å². The Morgan fingerprint density at radius 2 is 1.63 bits per heavy atom. The van der Waals surface area contributed by atoms with Crippen LogP contribution in [0, 0.1) is 16.7 Å². The number of halogens is 5. The molecule has 10 heteroatoms. The fourth-order valence-corrected chi connectivity index (χ4v) is 11.1. The van der Waals surface area contributed by atoms with E-state index in [-0.39, 0.29) is 28.3 Å². The Labute approximate surface area is 271 Å². The van der Waals surface area contributed by atoms with Crippen molar-refractivity contribution in [2.24, 2.45) is 16.7 Å². The van der Waals surface area contributed by atoms with Crippen LogP contribution in [0.2, 0.25) is 0 Å². The predicted molar refractivity (Wildman–Crippen MR) is 168 cm³/mol. The first kappa shape index (κ1) is 33.8. The van der Waals surface area contributed by atoms with E-state index in [4.69, 9.17) is 4.74 Å². The molecule has 1 unspecified atom stereocenters. The molecule has 0 aliphatic heterocycles. The molecule has 0 heterocycles. The van der Waals surface area contributed by atoms with Gasteiger partial charge in [0.05, 0.1) is 12.2 Å². The lowest BCUT2D eigenvalue weighted by atomic mass is 9.45. The number of aliphatic hydroxyl groups is 1. The summed E-state index contributed by atoms with van der Waals surface area (Å²) in [5, 5.41) is 22.1. The monoisotopic (exact) mass is 668 g/mol. The van der Waals surface area contributed by atoms with Gasteiger partial charge < -0.3 is 19.5 Å². The molecule has 2 N–H and O–H groups in total. The van der Waals surface area contributed by atoms with Gasteiger partial charge in [0.2, 0.25) is 0 Å². The number of fused-ring (bicyclic) bond motifs is 3. The van der Waals surface area contributed by atoms with E-state index in [9.17, 15) is 36.7 Å². The smallest absolute Gasteiger partial charge is 0.453 e. The van der Waals surface area contributed by atoms with E-state index in [1.165, 1.54) is 16.7 Å². The molecule has 5 atom stereocenters. The van der Waals surface area contributed by atoms with E-state index in [1.54, 1.807) is 0 Å². The summed E-state index contributed by atoms with van der Waals surface area (Å²) in [5.41, 5.74) is 3.24. The third-order valence-electron chi connectivity index (χ3n) is 12.4. The molecule has 6 rings (SSSR count). The highest BCUT2D eigenvalue weighted by molar-refractivity contribution is 7.91. The molecule has 2 aromatic rings. The summed E-state index contributed by atoms with van der Waals surface area (Å²) in [6.07, 6.45) is 1.57. The standard InChI is InChI=1S/C36H45F5O4S/c1-32-23-29(31-28-12-9-26(42)22-25(28)8-13-30(31)33(32)15-17-34(32,43)18-16-33)24-6-10-27(11-7-24)45-19-3-2-4-20-46(44)21-5-14-35(37,38)36(39,40)41/h6-7,9-12,22,29-31,42-43H,2-5,8,13-21,23H2,1H3/t29-,30-,31+,32+,33-,34+,46?/m1/s1. The topological polar surface area (TPSA) is 72.8 Å². The molecular formula is C36H45F5O4S. The minimum Gasteiger partial charge on any atom is -0.616 e. The second kappa shape index (κ2) is 12.4. The van der Waals surface area contributed by atoms with Crippen molar-refractivity contribution < 1.29 is 41.5 Å². The van der Waals surface area contributed by atoms with Crippen LogP contribution in [0.5, 0.6) is 11.5 Å². The second-order valence-electron chi connectivity index (χ2n) is 14.5. The quantitative estimate of drug-likeness (QED) is 0.135. The molecule has 0 saturated heterocycles. The van der Waals surface area contributed by atoms with Gasteiger partial charge >= 0.3 is 12.1 Å². The second-order valence-corrected chi connectivity index (χ2v) is 16.2. The number of unbranched alkanes of at least 4 members (excludes halogenated alkanes) is 2. The molecule has 3 fully saturated rings. The molecule has 4 nitrogen and oxygen atoms in total. The Bertz CT molecular complexity index is 1370. The van der Waals surface area contributed by atoms with E-state index in [0.29, 0.717) is 43.5 Å². The molecule has 254 valence electrons. The molecular weight excluding hydrogens is 623 g/mol. The number of phenols is 1. The van der Waals surface area contributed by atoms with Crippen LogP contribution in [0.3, 0.4) is 0 Å². The van der Waals surface area contributed by atoms with Crippen molar-refractivity contribution in [3.8, 4) is 11.5 Å². The van der Waals surface area contributed by atoms with E-state index >= 15 is 0 Å². The first-order valence-electron chi connectivity index (χ1n) is 16.8. The number of ether oxygens (including phenoxy) is 1. The molecule has 3 saturated carbocycles. The lowest BCUT2D eigenvalue weighted by Gasteiger charge is -2.59. The predicted octanol–water partition coefficient (Wildman–Crippen LogP) is 8.81. The Hall–Kier alpha value is -2.04. The van der Waals surface area contributed by atoms with Gasteiger partial charge in [0.1, 0.15) is 23.0 Å². The summed E-state index contributed by atoms with van der Waals surface area (Å²) in [7, 11) is 0.